The Bertz CT molecular complexity index is 150. The molecule has 0 spiro atoms. The summed E-state index contributed by atoms with van der Waals surface area (Å²) in [7, 11) is 0. The molecule has 2 nitrogen and oxygen atoms in total. The molecule has 1 unspecified atom stereocenters. The van der Waals surface area contributed by atoms with E-state index in [0.29, 0.717) is 0 Å². The molecule has 52 valence electrons. The molecule has 0 aliphatic rings. The monoisotopic (exact) mass is 164 g/mol. The Morgan fingerprint density at radius 2 is 2.44 bits per heavy atom. The number of rotatable bonds is 1. The number of hydrogen-bond donors (Lipinski definition) is 1. The summed E-state index contributed by atoms with van der Waals surface area (Å²) in [5.74, 6) is 0. The summed E-state index contributed by atoms with van der Waals surface area (Å²) in [6, 6.07) is 2.08. The van der Waals surface area contributed by atoms with Crippen molar-refractivity contribution in [3.8, 4) is 0 Å². The number of aromatic nitrogens is 1. The van der Waals surface area contributed by atoms with Crippen LogP contribution in [0.25, 0.3) is 0 Å². The first-order valence-electron chi connectivity index (χ1n) is 2.47. The maximum Gasteiger partial charge on any atom is 0.0417 e. The van der Waals surface area contributed by atoms with Crippen molar-refractivity contribution in [2.75, 3.05) is 0 Å². The Labute approximate surface area is 64.7 Å². The van der Waals surface area contributed by atoms with Crippen molar-refractivity contribution in [3.63, 3.8) is 0 Å². The van der Waals surface area contributed by atoms with Crippen LogP contribution in [0.1, 0.15) is 17.8 Å². The average Bonchev–Trinajstić information content (AvgIpc) is 2.12. The normalized spacial score (nSPS) is 12.2. The Morgan fingerprint density at radius 1 is 1.78 bits per heavy atom. The summed E-state index contributed by atoms with van der Waals surface area (Å²) >= 11 is 1.46. The van der Waals surface area contributed by atoms with Gasteiger partial charge in [-0.25, -0.2) is 4.37 Å². The Morgan fingerprint density at radius 3 is 2.67 bits per heavy atom. The second kappa shape index (κ2) is 3.82. The van der Waals surface area contributed by atoms with E-state index in [9.17, 15) is 0 Å². The molecule has 4 heteroatoms. The van der Waals surface area contributed by atoms with Crippen LogP contribution in [0.5, 0.6) is 0 Å². The van der Waals surface area contributed by atoms with Gasteiger partial charge in [-0.2, -0.15) is 0 Å². The van der Waals surface area contributed by atoms with Crippen LogP contribution in [0.15, 0.2) is 12.3 Å². The molecule has 0 saturated carbocycles. The van der Waals surface area contributed by atoms with Gasteiger partial charge in [0.2, 0.25) is 0 Å². The van der Waals surface area contributed by atoms with Gasteiger partial charge in [0.15, 0.2) is 0 Å². The fourth-order valence-electron chi connectivity index (χ4n) is 0.461. The highest BCUT2D eigenvalue weighted by atomic mass is 35.5. The standard InChI is InChI=1S/C5H8N2S.ClH/c1-4(6)5-2-3-7-8-5;/h2-4H,6H2,1H3;1H. The highest BCUT2D eigenvalue weighted by Crippen LogP contribution is 2.11. The van der Waals surface area contributed by atoms with Crippen molar-refractivity contribution in [3.05, 3.63) is 17.1 Å². The van der Waals surface area contributed by atoms with E-state index in [2.05, 4.69) is 4.37 Å². The van der Waals surface area contributed by atoms with Crippen molar-refractivity contribution in [1.82, 2.24) is 4.37 Å². The van der Waals surface area contributed by atoms with E-state index >= 15 is 0 Å². The van der Waals surface area contributed by atoms with E-state index in [1.54, 1.807) is 6.20 Å². The fourth-order valence-corrected chi connectivity index (χ4v) is 0.992. The first kappa shape index (κ1) is 8.88. The molecule has 1 aromatic heterocycles. The van der Waals surface area contributed by atoms with Crippen molar-refractivity contribution in [1.29, 1.82) is 0 Å². The van der Waals surface area contributed by atoms with Crippen LogP contribution in [0.4, 0.5) is 0 Å². The lowest BCUT2D eigenvalue weighted by molar-refractivity contribution is 0.838. The molecule has 0 bridgehead atoms. The lowest BCUT2D eigenvalue weighted by Gasteiger charge is -1.95. The molecule has 0 saturated heterocycles. The molecule has 9 heavy (non-hydrogen) atoms. The molecular formula is C5H9ClN2S. The zero-order valence-corrected chi connectivity index (χ0v) is 6.71. The lowest BCUT2D eigenvalue weighted by Crippen LogP contribution is -2.01. The molecule has 0 amide bonds. The van der Waals surface area contributed by atoms with Crippen molar-refractivity contribution in [2.24, 2.45) is 5.73 Å². The molecule has 0 aliphatic carbocycles. The van der Waals surface area contributed by atoms with Gasteiger partial charge in [0.25, 0.3) is 0 Å². The van der Waals surface area contributed by atoms with Gasteiger partial charge in [-0.1, -0.05) is 0 Å². The Balaban J connectivity index is 0.000000640. The van der Waals surface area contributed by atoms with Gasteiger partial charge in [0.1, 0.15) is 0 Å². The number of halogens is 1. The van der Waals surface area contributed by atoms with E-state index < -0.39 is 0 Å². The molecule has 0 aromatic carbocycles. The molecule has 2 N–H and O–H groups in total. The van der Waals surface area contributed by atoms with Gasteiger partial charge < -0.3 is 5.73 Å². The number of nitrogens with two attached hydrogens (primary N) is 1. The van der Waals surface area contributed by atoms with Crippen LogP contribution >= 0.6 is 23.9 Å². The second-order valence-corrected chi connectivity index (χ2v) is 2.57. The van der Waals surface area contributed by atoms with Crippen molar-refractivity contribution < 1.29 is 0 Å². The molecule has 0 fully saturated rings. The van der Waals surface area contributed by atoms with Gasteiger partial charge in [0, 0.05) is 17.1 Å². The Hall–Kier alpha value is -0.120. The van der Waals surface area contributed by atoms with E-state index in [1.165, 1.54) is 11.5 Å². The van der Waals surface area contributed by atoms with E-state index in [0.717, 1.165) is 4.88 Å². The second-order valence-electron chi connectivity index (χ2n) is 1.70. The molecular weight excluding hydrogens is 156 g/mol. The van der Waals surface area contributed by atoms with Gasteiger partial charge in [0.05, 0.1) is 0 Å². The SMILES string of the molecule is CC(N)c1ccns1.Cl. The highest BCUT2D eigenvalue weighted by Gasteiger charge is 1.97. The van der Waals surface area contributed by atoms with Crippen LogP contribution in [0.3, 0.4) is 0 Å². The third-order valence-electron chi connectivity index (χ3n) is 0.907. The maximum absolute atomic E-state index is 5.53. The minimum atomic E-state index is 0. The van der Waals surface area contributed by atoms with Crippen LogP contribution in [0.2, 0.25) is 0 Å². The first-order valence-corrected chi connectivity index (χ1v) is 3.24. The van der Waals surface area contributed by atoms with E-state index in [-0.39, 0.29) is 18.4 Å². The molecule has 0 radical (unpaired) electrons. The smallest absolute Gasteiger partial charge is 0.0417 e. The molecule has 1 heterocycles. The number of nitrogens with zero attached hydrogens (tertiary/aromatic N) is 1. The first-order chi connectivity index (χ1) is 3.80. The third-order valence-corrected chi connectivity index (χ3v) is 1.85. The molecule has 1 rings (SSSR count). The zero-order chi connectivity index (χ0) is 5.98. The van der Waals surface area contributed by atoms with Crippen LogP contribution in [-0.4, -0.2) is 4.37 Å². The van der Waals surface area contributed by atoms with Crippen LogP contribution < -0.4 is 5.73 Å². The molecule has 1 atom stereocenters. The summed E-state index contributed by atoms with van der Waals surface area (Å²) in [4.78, 5) is 1.14. The predicted octanol–water partition coefficient (Wildman–Crippen LogP) is 1.58. The highest BCUT2D eigenvalue weighted by molar-refractivity contribution is 7.05. The summed E-state index contributed by atoms with van der Waals surface area (Å²) in [5, 5.41) is 0. The zero-order valence-electron chi connectivity index (χ0n) is 5.07. The number of hydrogen-bond acceptors (Lipinski definition) is 3. The minimum Gasteiger partial charge on any atom is -0.323 e. The van der Waals surface area contributed by atoms with Gasteiger partial charge in [-0.05, 0) is 24.5 Å². The largest absolute Gasteiger partial charge is 0.323 e. The maximum atomic E-state index is 5.53. The van der Waals surface area contributed by atoms with Gasteiger partial charge >= 0.3 is 0 Å². The van der Waals surface area contributed by atoms with Gasteiger partial charge in [-0.3, -0.25) is 0 Å². The van der Waals surface area contributed by atoms with Crippen LogP contribution in [0, 0.1) is 0 Å². The minimum absolute atomic E-state index is 0. The average molecular weight is 165 g/mol. The summed E-state index contributed by atoms with van der Waals surface area (Å²) in [6.45, 7) is 1.95. The molecule has 1 aromatic rings. The quantitative estimate of drug-likeness (QED) is 0.685. The van der Waals surface area contributed by atoms with Gasteiger partial charge in [-0.15, -0.1) is 12.4 Å². The molecule has 0 aliphatic heterocycles. The fraction of sp³-hybridized carbons (Fsp3) is 0.400. The summed E-state index contributed by atoms with van der Waals surface area (Å²) in [6.07, 6.45) is 1.77. The van der Waals surface area contributed by atoms with Crippen molar-refractivity contribution in [2.45, 2.75) is 13.0 Å². The lowest BCUT2D eigenvalue weighted by atomic mass is 10.3. The summed E-state index contributed by atoms with van der Waals surface area (Å²) < 4.78 is 3.91. The predicted molar refractivity (Wildman–Crippen MR) is 42.0 cm³/mol. The van der Waals surface area contributed by atoms with Crippen molar-refractivity contribution >= 4 is 23.9 Å². The van der Waals surface area contributed by atoms with Crippen LogP contribution in [-0.2, 0) is 0 Å². The van der Waals surface area contributed by atoms with E-state index in [4.69, 9.17) is 5.73 Å². The van der Waals surface area contributed by atoms with E-state index in [1.807, 2.05) is 13.0 Å². The summed E-state index contributed by atoms with van der Waals surface area (Å²) in [5.41, 5.74) is 5.53. The topological polar surface area (TPSA) is 38.9 Å². The third kappa shape index (κ3) is 2.30. The Kier molecular flexibility index (Phi) is 3.77.